The molecule has 1 fully saturated rings. The van der Waals surface area contributed by atoms with Crippen molar-refractivity contribution in [3.63, 3.8) is 0 Å². The monoisotopic (exact) mass is 927 g/mol. The van der Waals surface area contributed by atoms with Crippen LogP contribution in [0.5, 0.6) is 0 Å². The van der Waals surface area contributed by atoms with Gasteiger partial charge in [-0.25, -0.2) is 14.4 Å². The molecule has 4 rings (SSSR count). The van der Waals surface area contributed by atoms with Gasteiger partial charge in [-0.2, -0.15) is 0 Å². The summed E-state index contributed by atoms with van der Waals surface area (Å²) in [5.41, 5.74) is -0.0778. The molecule has 0 aliphatic carbocycles. The van der Waals surface area contributed by atoms with Gasteiger partial charge in [0.2, 0.25) is 9.70 Å². The van der Waals surface area contributed by atoms with Gasteiger partial charge in [0.15, 0.2) is 0 Å². The zero-order valence-electron chi connectivity index (χ0n) is 35.1. The number of halogens is 4. The Hall–Kier alpha value is -3.55. The SMILES string of the molecule is CCOC(=O)OC(C)C(C)(C)C(Cl)(N1C(=O)[C@@H](C(C)OC(=O)OCC(Cl)(Cl)Cl)[C@H]1SC(c1ccccc1)(c1ccccc1)c1ccccc1)C(C)(C)C(C)OC(=O)OCC. The maximum atomic E-state index is 15.3. The van der Waals surface area contributed by atoms with E-state index in [-0.39, 0.29) is 13.2 Å². The van der Waals surface area contributed by atoms with Crippen LogP contribution in [0.4, 0.5) is 14.4 Å². The number of rotatable bonds is 17. The minimum absolute atomic E-state index is 0.0570. The van der Waals surface area contributed by atoms with Gasteiger partial charge in [0.05, 0.1) is 23.3 Å². The van der Waals surface area contributed by atoms with E-state index in [1.807, 2.05) is 91.0 Å². The average molecular weight is 930 g/mol. The third-order valence-electron chi connectivity index (χ3n) is 11.2. The van der Waals surface area contributed by atoms with Crippen LogP contribution < -0.4 is 0 Å². The zero-order valence-corrected chi connectivity index (χ0v) is 39.0. The number of β-lactam (4-membered cyclic amide) rings is 1. The Morgan fingerprint density at radius 3 is 1.35 bits per heavy atom. The molecule has 3 aromatic rings. The van der Waals surface area contributed by atoms with Crippen molar-refractivity contribution in [3.8, 4) is 0 Å². The first kappa shape index (κ1) is 49.1. The lowest BCUT2D eigenvalue weighted by Gasteiger charge is -2.66. The number of benzene rings is 3. The van der Waals surface area contributed by atoms with Crippen molar-refractivity contribution >= 4 is 82.5 Å². The molecule has 0 N–H and O–H groups in total. The molecular weight excluding hydrogens is 876 g/mol. The van der Waals surface area contributed by atoms with Crippen LogP contribution in [0.2, 0.25) is 0 Å². The summed E-state index contributed by atoms with van der Waals surface area (Å²) in [7, 11) is 0. The van der Waals surface area contributed by atoms with Gasteiger partial charge in [-0.3, -0.25) is 4.79 Å². The van der Waals surface area contributed by atoms with Crippen molar-refractivity contribution in [1.82, 2.24) is 4.90 Å². The lowest BCUT2D eigenvalue weighted by Crippen LogP contribution is -2.78. The number of thioether (sulfide) groups is 1. The van der Waals surface area contributed by atoms with Gasteiger partial charge in [-0.15, -0.1) is 11.8 Å². The zero-order chi connectivity index (χ0) is 44.7. The highest BCUT2D eigenvalue weighted by Crippen LogP contribution is 2.64. The molecule has 0 bridgehead atoms. The molecule has 0 saturated carbocycles. The second-order valence-electron chi connectivity index (χ2n) is 15.5. The molecular formula is C44H53Cl4NO10S. The molecule has 11 nitrogen and oxygen atoms in total. The summed E-state index contributed by atoms with van der Waals surface area (Å²) in [4.78, 5) is 53.8. The molecule has 0 radical (unpaired) electrons. The van der Waals surface area contributed by atoms with Crippen LogP contribution in [0.25, 0.3) is 0 Å². The fourth-order valence-electron chi connectivity index (χ4n) is 7.55. The third kappa shape index (κ3) is 10.2. The maximum Gasteiger partial charge on any atom is 0.508 e. The molecule has 1 heterocycles. The summed E-state index contributed by atoms with van der Waals surface area (Å²) in [5.74, 6) is -1.57. The Bertz CT molecular complexity index is 1780. The molecule has 1 aliphatic heterocycles. The highest BCUT2D eigenvalue weighted by Gasteiger charge is 2.71. The summed E-state index contributed by atoms with van der Waals surface area (Å²) in [6.45, 7) is 14.7. The number of ether oxygens (including phenoxy) is 6. The van der Waals surface area contributed by atoms with Crippen molar-refractivity contribution in [3.05, 3.63) is 108 Å². The first-order valence-corrected chi connectivity index (χ1v) is 21.9. The summed E-state index contributed by atoms with van der Waals surface area (Å²) >= 11 is 27.2. The van der Waals surface area contributed by atoms with Crippen LogP contribution >= 0.6 is 58.2 Å². The predicted octanol–water partition coefficient (Wildman–Crippen LogP) is 11.5. The molecule has 5 atom stereocenters. The number of hydrogen-bond donors (Lipinski definition) is 0. The van der Waals surface area contributed by atoms with Crippen molar-refractivity contribution in [2.75, 3.05) is 19.8 Å². The highest BCUT2D eigenvalue weighted by atomic mass is 35.6. The number of alkyl halides is 4. The summed E-state index contributed by atoms with van der Waals surface area (Å²) in [6.07, 6.45) is -6.16. The van der Waals surface area contributed by atoms with Gasteiger partial charge in [0, 0.05) is 10.8 Å². The Kier molecular flexibility index (Phi) is 16.4. The van der Waals surface area contributed by atoms with E-state index < -0.39 is 85.0 Å². The van der Waals surface area contributed by atoms with Crippen LogP contribution in [0, 0.1) is 16.7 Å². The van der Waals surface area contributed by atoms with Crippen LogP contribution in [0.15, 0.2) is 91.0 Å². The van der Waals surface area contributed by atoms with Gasteiger partial charge in [-0.1, -0.05) is 165 Å². The number of carbonyl (C=O) groups is 4. The van der Waals surface area contributed by atoms with Gasteiger partial charge in [0.25, 0.3) is 0 Å². The minimum atomic E-state index is -1.91. The lowest BCUT2D eigenvalue weighted by atomic mass is 9.62. The first-order valence-electron chi connectivity index (χ1n) is 19.5. The van der Waals surface area contributed by atoms with E-state index in [1.165, 1.54) is 16.7 Å². The van der Waals surface area contributed by atoms with Crippen molar-refractivity contribution in [1.29, 1.82) is 0 Å². The molecule has 0 spiro atoms. The Morgan fingerprint density at radius 2 is 1.00 bits per heavy atom. The van der Waals surface area contributed by atoms with E-state index >= 15 is 4.79 Å². The van der Waals surface area contributed by atoms with Gasteiger partial charge in [-0.05, 0) is 51.3 Å². The molecule has 1 aliphatic rings. The Labute approximate surface area is 376 Å². The highest BCUT2D eigenvalue weighted by molar-refractivity contribution is 8.01. The molecule has 1 saturated heterocycles. The summed E-state index contributed by atoms with van der Waals surface area (Å²) in [6, 6.07) is 29.4. The van der Waals surface area contributed by atoms with Gasteiger partial charge >= 0.3 is 18.5 Å². The molecule has 16 heteroatoms. The van der Waals surface area contributed by atoms with E-state index in [4.69, 9.17) is 74.8 Å². The van der Waals surface area contributed by atoms with Crippen LogP contribution in [0.1, 0.15) is 79.0 Å². The number of carbonyl (C=O) groups excluding carboxylic acids is 4. The Balaban J connectivity index is 2.04. The topological polar surface area (TPSA) is 127 Å². The number of hydrogen-bond acceptors (Lipinski definition) is 11. The molecule has 328 valence electrons. The minimum Gasteiger partial charge on any atom is -0.435 e. The van der Waals surface area contributed by atoms with Crippen molar-refractivity contribution in [2.24, 2.45) is 16.7 Å². The van der Waals surface area contributed by atoms with Crippen molar-refractivity contribution in [2.45, 2.75) is 99.5 Å². The van der Waals surface area contributed by atoms with Gasteiger partial charge < -0.3 is 33.3 Å². The second-order valence-corrected chi connectivity index (χ2v) is 19.8. The quantitative estimate of drug-likeness (QED) is 0.0321. The molecule has 3 aromatic carbocycles. The predicted molar refractivity (Wildman–Crippen MR) is 234 cm³/mol. The smallest absolute Gasteiger partial charge is 0.435 e. The van der Waals surface area contributed by atoms with Crippen LogP contribution in [-0.2, 0) is 38.0 Å². The standard InChI is InChI=1S/C44H53Cl4NO10S/c1-10-54-37(51)58-29(4)40(6,7)44(48,41(8,9)30(5)59-38(52)55-11-2)49-35(50)34(28(3)57-39(53)56-27-42(45,46)47)36(49)60-43(31-21-15-12-16-22-31,32-23-17-13-18-24-32)33-25-19-14-20-26-33/h12-26,28-30,34,36H,10-11,27H2,1-9H3/t28?,29?,30?,34-,36-,44?/m1/s1. The van der Waals surface area contributed by atoms with Gasteiger partial charge in [0.1, 0.15) is 35.8 Å². The second kappa shape index (κ2) is 20.1. The maximum absolute atomic E-state index is 15.3. The molecule has 60 heavy (non-hydrogen) atoms. The third-order valence-corrected chi connectivity index (χ3v) is 14.5. The lowest BCUT2D eigenvalue weighted by molar-refractivity contribution is -0.196. The molecule has 1 amide bonds. The molecule has 0 aromatic heterocycles. The first-order chi connectivity index (χ1) is 28.1. The number of amides is 1. The average Bonchev–Trinajstić information content (AvgIpc) is 3.19. The largest absolute Gasteiger partial charge is 0.508 e. The molecule has 3 unspecified atom stereocenters. The number of nitrogens with zero attached hydrogens (tertiary/aromatic N) is 1. The fraction of sp³-hybridized carbons (Fsp3) is 0.500. The van der Waals surface area contributed by atoms with Crippen molar-refractivity contribution < 1.29 is 47.6 Å². The van der Waals surface area contributed by atoms with E-state index in [2.05, 4.69) is 0 Å². The van der Waals surface area contributed by atoms with Crippen LogP contribution in [-0.4, -0.2) is 81.6 Å². The van der Waals surface area contributed by atoms with E-state index in [0.29, 0.717) is 0 Å². The Morgan fingerprint density at radius 1 is 0.633 bits per heavy atom. The van der Waals surface area contributed by atoms with Crippen LogP contribution in [0.3, 0.4) is 0 Å². The van der Waals surface area contributed by atoms with E-state index in [1.54, 1.807) is 62.3 Å². The van der Waals surface area contributed by atoms with E-state index in [9.17, 15) is 14.4 Å². The fourth-order valence-corrected chi connectivity index (χ4v) is 10.3. The van der Waals surface area contributed by atoms with E-state index in [0.717, 1.165) is 16.7 Å². The summed E-state index contributed by atoms with van der Waals surface area (Å²) in [5, 5.41) is -0.922. The number of likely N-dealkylation sites (tertiary alicyclic amines) is 1. The summed E-state index contributed by atoms with van der Waals surface area (Å²) < 4.78 is 29.9. The normalized spacial score (nSPS) is 18.5.